The maximum absolute atomic E-state index is 14.8. The van der Waals surface area contributed by atoms with Crippen molar-refractivity contribution in [3.8, 4) is 23.7 Å². The van der Waals surface area contributed by atoms with Crippen LogP contribution in [0.4, 0.5) is 38.5 Å². The van der Waals surface area contributed by atoms with Gasteiger partial charge in [-0.05, 0) is 62.4 Å². The summed E-state index contributed by atoms with van der Waals surface area (Å²) in [6, 6.07) is 19.9. The van der Waals surface area contributed by atoms with Crippen LogP contribution in [0.25, 0.3) is 0 Å². The summed E-state index contributed by atoms with van der Waals surface area (Å²) in [6.45, 7) is 3.58. The van der Waals surface area contributed by atoms with Crippen LogP contribution in [0, 0.1) is 47.0 Å². The molecule has 60 heavy (non-hydrogen) atoms. The van der Waals surface area contributed by atoms with Crippen LogP contribution in [0.1, 0.15) is 48.9 Å². The zero-order valence-electron chi connectivity index (χ0n) is 32.1. The molecule has 0 aromatic heterocycles. The van der Waals surface area contributed by atoms with E-state index in [-0.39, 0.29) is 50.1 Å². The van der Waals surface area contributed by atoms with Gasteiger partial charge in [0.05, 0.1) is 12.8 Å². The van der Waals surface area contributed by atoms with Gasteiger partial charge in [0.15, 0.2) is 23.3 Å². The van der Waals surface area contributed by atoms with Gasteiger partial charge in [-0.25, -0.2) is 37.0 Å². The maximum Gasteiger partial charge on any atom is 0.332 e. The van der Waals surface area contributed by atoms with Crippen LogP contribution in [0.15, 0.2) is 84.9 Å². The Hall–Kier alpha value is -7.46. The topological polar surface area (TPSA) is 139 Å². The number of hydrogen-bond acceptors (Lipinski definition) is 6. The fraction of sp³-hybridized carbons (Fsp3) is 0.227. The van der Waals surface area contributed by atoms with Crippen LogP contribution in [0.3, 0.4) is 0 Å². The molecule has 4 aliphatic rings. The number of rotatable bonds is 2. The van der Waals surface area contributed by atoms with Gasteiger partial charge in [0, 0.05) is 48.4 Å². The van der Waals surface area contributed by atoms with E-state index in [9.17, 15) is 46.3 Å². The molecule has 12 nitrogen and oxygen atoms in total. The van der Waals surface area contributed by atoms with Crippen molar-refractivity contribution in [1.29, 1.82) is 0 Å². The highest BCUT2D eigenvalue weighted by Gasteiger charge is 2.55. The molecule has 0 spiro atoms. The van der Waals surface area contributed by atoms with Crippen molar-refractivity contribution in [3.05, 3.63) is 130 Å². The molecule has 4 fully saturated rings. The first kappa shape index (κ1) is 40.7. The number of imide groups is 2. The summed E-state index contributed by atoms with van der Waals surface area (Å²) in [5, 5.41) is 5.22. The Labute approximate surface area is 341 Å². The van der Waals surface area contributed by atoms with Gasteiger partial charge >= 0.3 is 12.1 Å². The van der Waals surface area contributed by atoms with Crippen LogP contribution in [0.2, 0.25) is 0 Å². The average Bonchev–Trinajstić information content (AvgIpc) is 3.20. The van der Waals surface area contributed by atoms with Gasteiger partial charge in [0.25, 0.3) is 0 Å². The van der Waals surface area contributed by atoms with Gasteiger partial charge in [-0.2, -0.15) is 0 Å². The molecule has 4 aliphatic heterocycles. The Morgan fingerprint density at radius 2 is 0.817 bits per heavy atom. The molecule has 0 bridgehead atoms. The zero-order valence-corrected chi connectivity index (χ0v) is 32.1. The first-order valence-corrected chi connectivity index (χ1v) is 18.6. The lowest BCUT2D eigenvalue weighted by atomic mass is 9.89. The van der Waals surface area contributed by atoms with E-state index >= 15 is 0 Å². The molecule has 8 rings (SSSR count). The van der Waals surface area contributed by atoms with E-state index in [0.29, 0.717) is 20.9 Å². The van der Waals surface area contributed by atoms with E-state index in [1.807, 2.05) is 12.1 Å². The summed E-state index contributed by atoms with van der Waals surface area (Å²) in [5.41, 5.74) is -2.80. The van der Waals surface area contributed by atoms with Crippen molar-refractivity contribution in [3.63, 3.8) is 0 Å². The van der Waals surface area contributed by atoms with Crippen LogP contribution in [0.5, 0.6) is 0 Å². The Morgan fingerprint density at radius 1 is 0.500 bits per heavy atom. The number of benzene rings is 4. The summed E-state index contributed by atoms with van der Waals surface area (Å²) < 4.78 is 59.2. The summed E-state index contributed by atoms with van der Waals surface area (Å²) in [4.78, 5) is 78.8. The molecule has 4 aromatic carbocycles. The maximum atomic E-state index is 14.8. The van der Waals surface area contributed by atoms with Gasteiger partial charge in [0.1, 0.15) is 22.5 Å². The van der Waals surface area contributed by atoms with E-state index in [0.717, 1.165) is 24.3 Å². The van der Waals surface area contributed by atoms with Gasteiger partial charge in [-0.3, -0.25) is 19.2 Å². The minimum Gasteiger partial charge on any atom is -0.352 e. The SMILES string of the molecule is C[C@@]12CC(=O)N(c3c(F)cc(C#Cc4ccccc4)cc3F)C(=O)N1CCNC2=O.C[C@]12CC(=O)N(c3c(F)cc(C#Cc4ccccc4)cc3F)C(=O)N1CCNC2=O. The number of carbonyl (C=O) groups excluding carboxylic acids is 6. The van der Waals surface area contributed by atoms with Crippen molar-refractivity contribution in [2.45, 2.75) is 37.8 Å². The molecule has 0 unspecified atom stereocenters. The minimum atomic E-state index is -1.38. The quantitative estimate of drug-likeness (QED) is 0.220. The fourth-order valence-corrected chi connectivity index (χ4v) is 7.32. The highest BCUT2D eigenvalue weighted by molar-refractivity contribution is 6.20. The summed E-state index contributed by atoms with van der Waals surface area (Å²) in [5.74, 6) is 3.96. The molecule has 4 aromatic rings. The molecule has 0 saturated carbocycles. The molecule has 2 N–H and O–H groups in total. The number of urea groups is 2. The molecular formula is C44H34F4N6O6. The lowest BCUT2D eigenvalue weighted by Gasteiger charge is -2.48. The first-order chi connectivity index (χ1) is 28.6. The van der Waals surface area contributed by atoms with Gasteiger partial charge < -0.3 is 20.4 Å². The third kappa shape index (κ3) is 7.51. The molecule has 16 heteroatoms. The predicted molar refractivity (Wildman–Crippen MR) is 209 cm³/mol. The normalized spacial score (nSPS) is 21.0. The number of halogens is 4. The van der Waals surface area contributed by atoms with Crippen molar-refractivity contribution in [2.75, 3.05) is 36.0 Å². The number of amides is 8. The number of piperazine rings is 2. The Kier molecular flexibility index (Phi) is 10.9. The van der Waals surface area contributed by atoms with Gasteiger partial charge in [-0.15, -0.1) is 0 Å². The third-order valence-corrected chi connectivity index (χ3v) is 10.5. The van der Waals surface area contributed by atoms with E-state index < -0.39 is 81.4 Å². The molecule has 0 aliphatic carbocycles. The second-order valence-corrected chi connectivity index (χ2v) is 14.5. The van der Waals surface area contributed by atoms with Crippen LogP contribution < -0.4 is 20.4 Å². The van der Waals surface area contributed by atoms with Crippen molar-refractivity contribution < 1.29 is 46.3 Å². The molecule has 4 saturated heterocycles. The van der Waals surface area contributed by atoms with Crippen molar-refractivity contribution in [2.24, 2.45) is 0 Å². The van der Waals surface area contributed by atoms with Crippen molar-refractivity contribution >= 4 is 47.1 Å². The van der Waals surface area contributed by atoms with Gasteiger partial charge in [-0.1, -0.05) is 60.1 Å². The Balaban J connectivity index is 0.000000181. The monoisotopic (exact) mass is 818 g/mol. The summed E-state index contributed by atoms with van der Waals surface area (Å²) in [7, 11) is 0. The van der Waals surface area contributed by atoms with Crippen LogP contribution in [-0.2, 0) is 19.2 Å². The minimum absolute atomic E-state index is 0.0664. The number of anilines is 2. The van der Waals surface area contributed by atoms with Crippen LogP contribution in [-0.4, -0.2) is 82.7 Å². The highest BCUT2D eigenvalue weighted by atomic mass is 19.1. The smallest absolute Gasteiger partial charge is 0.332 e. The highest BCUT2D eigenvalue weighted by Crippen LogP contribution is 2.37. The number of nitrogens with zero attached hydrogens (tertiary/aromatic N) is 4. The number of carbonyl (C=O) groups is 6. The van der Waals surface area contributed by atoms with Crippen LogP contribution >= 0.6 is 0 Å². The molecule has 8 amide bonds. The van der Waals surface area contributed by atoms with E-state index in [2.05, 4.69) is 34.3 Å². The second-order valence-electron chi connectivity index (χ2n) is 14.5. The summed E-state index contributed by atoms with van der Waals surface area (Å²) >= 11 is 0. The van der Waals surface area contributed by atoms with E-state index in [1.165, 1.54) is 23.6 Å². The predicted octanol–water partition coefficient (Wildman–Crippen LogP) is 4.82. The lowest BCUT2D eigenvalue weighted by molar-refractivity contribution is -0.140. The Bertz CT molecular complexity index is 2380. The molecule has 4 heterocycles. The largest absolute Gasteiger partial charge is 0.352 e. The lowest BCUT2D eigenvalue weighted by Crippen LogP contribution is -2.72. The van der Waals surface area contributed by atoms with E-state index in [4.69, 9.17) is 0 Å². The zero-order chi connectivity index (χ0) is 42.9. The molecule has 304 valence electrons. The molecule has 2 atom stereocenters. The average molecular weight is 819 g/mol. The van der Waals surface area contributed by atoms with Gasteiger partial charge in [0.2, 0.25) is 23.6 Å². The number of nitrogens with one attached hydrogen (secondary N) is 2. The first-order valence-electron chi connectivity index (χ1n) is 18.6. The Morgan fingerprint density at radius 3 is 1.15 bits per heavy atom. The number of fused-ring (bicyclic) bond motifs is 2. The standard InChI is InChI=1S/2C22H17F2N3O3/c2*1-22-13-18(28)27(21(30)26(22)10-9-25-20(22)29)19-16(23)11-15(12-17(19)24)8-7-14-5-3-2-4-6-14/h2*2-6,11-12H,9-10,13H2,1H3,(H,25,29)/t2*22-/m10/s1. The molecule has 0 radical (unpaired) electrons. The second kappa shape index (κ2) is 16.1. The van der Waals surface area contributed by atoms with Crippen molar-refractivity contribution in [1.82, 2.24) is 20.4 Å². The summed E-state index contributed by atoms with van der Waals surface area (Å²) in [6.07, 6.45) is -0.752. The van der Waals surface area contributed by atoms with E-state index in [1.54, 1.807) is 48.5 Å². The third-order valence-electron chi connectivity index (χ3n) is 10.5. The number of hydrogen-bond donors (Lipinski definition) is 2. The fourth-order valence-electron chi connectivity index (χ4n) is 7.32. The molecular weight excluding hydrogens is 785 g/mol.